The molecule has 2 heterocycles. The lowest BCUT2D eigenvalue weighted by molar-refractivity contribution is 0.194. The van der Waals surface area contributed by atoms with Crippen LogP contribution in [0.25, 0.3) is 10.9 Å². The summed E-state index contributed by atoms with van der Waals surface area (Å²) in [5.74, 6) is 2.78. The SMILES string of the molecule is COc1ccc2[nH]c(NCN3CCC(Cc4ccccc4)CC3)cc2c1. The zero-order valence-electron chi connectivity index (χ0n) is 15.4. The van der Waals surface area contributed by atoms with Gasteiger partial charge in [-0.2, -0.15) is 0 Å². The van der Waals surface area contributed by atoms with E-state index in [1.807, 2.05) is 6.07 Å². The number of H-pyrrole nitrogens is 1. The van der Waals surface area contributed by atoms with Gasteiger partial charge in [-0.3, -0.25) is 4.90 Å². The van der Waals surface area contributed by atoms with Crippen LogP contribution in [0, 0.1) is 5.92 Å². The van der Waals surface area contributed by atoms with Crippen LogP contribution in [0.15, 0.2) is 54.6 Å². The average Bonchev–Trinajstić information content (AvgIpc) is 3.10. The number of piperidine rings is 1. The van der Waals surface area contributed by atoms with Crippen LogP contribution in [-0.2, 0) is 6.42 Å². The molecule has 0 atom stereocenters. The van der Waals surface area contributed by atoms with Crippen molar-refractivity contribution < 1.29 is 4.74 Å². The number of likely N-dealkylation sites (tertiary alicyclic amines) is 1. The summed E-state index contributed by atoms with van der Waals surface area (Å²) in [6.07, 6.45) is 3.77. The lowest BCUT2D eigenvalue weighted by Crippen LogP contribution is -2.37. The molecule has 0 saturated carbocycles. The fraction of sp³-hybridized carbons (Fsp3) is 0.364. The summed E-state index contributed by atoms with van der Waals surface area (Å²) in [4.78, 5) is 5.94. The molecule has 4 nitrogen and oxygen atoms in total. The third-order valence-corrected chi connectivity index (χ3v) is 5.40. The van der Waals surface area contributed by atoms with E-state index in [4.69, 9.17) is 4.74 Å². The molecule has 136 valence electrons. The first kappa shape index (κ1) is 17.0. The lowest BCUT2D eigenvalue weighted by atomic mass is 9.90. The van der Waals surface area contributed by atoms with E-state index in [9.17, 15) is 0 Å². The molecule has 0 radical (unpaired) electrons. The van der Waals surface area contributed by atoms with Gasteiger partial charge in [-0.25, -0.2) is 0 Å². The highest BCUT2D eigenvalue weighted by Crippen LogP contribution is 2.24. The van der Waals surface area contributed by atoms with Crippen molar-refractivity contribution in [2.45, 2.75) is 19.3 Å². The highest BCUT2D eigenvalue weighted by Gasteiger charge is 2.19. The van der Waals surface area contributed by atoms with Crippen molar-refractivity contribution in [3.8, 4) is 5.75 Å². The highest BCUT2D eigenvalue weighted by atomic mass is 16.5. The molecule has 0 bridgehead atoms. The van der Waals surface area contributed by atoms with Gasteiger partial charge in [0.15, 0.2) is 0 Å². The molecule has 2 N–H and O–H groups in total. The van der Waals surface area contributed by atoms with E-state index in [2.05, 4.69) is 63.7 Å². The Hall–Kier alpha value is -2.46. The van der Waals surface area contributed by atoms with E-state index < -0.39 is 0 Å². The molecule has 2 aromatic carbocycles. The van der Waals surface area contributed by atoms with Gasteiger partial charge < -0.3 is 15.0 Å². The van der Waals surface area contributed by atoms with Crippen LogP contribution in [0.1, 0.15) is 18.4 Å². The van der Waals surface area contributed by atoms with Crippen LogP contribution < -0.4 is 10.1 Å². The molecular weight excluding hydrogens is 322 g/mol. The number of nitrogens with one attached hydrogen (secondary N) is 2. The maximum atomic E-state index is 5.30. The number of aromatic nitrogens is 1. The van der Waals surface area contributed by atoms with Crippen molar-refractivity contribution in [3.05, 3.63) is 60.2 Å². The molecule has 1 aliphatic heterocycles. The van der Waals surface area contributed by atoms with Crippen LogP contribution in [0.4, 0.5) is 5.82 Å². The minimum atomic E-state index is 0.814. The Kier molecular flexibility index (Phi) is 5.12. The van der Waals surface area contributed by atoms with E-state index in [0.717, 1.165) is 29.7 Å². The van der Waals surface area contributed by atoms with Crippen LogP contribution in [-0.4, -0.2) is 36.8 Å². The Morgan fingerprint density at radius 2 is 1.88 bits per heavy atom. The number of aromatic amines is 1. The fourth-order valence-electron chi connectivity index (χ4n) is 3.83. The number of rotatable bonds is 6. The summed E-state index contributed by atoms with van der Waals surface area (Å²) in [6, 6.07) is 19.1. The second-order valence-corrected chi connectivity index (χ2v) is 7.22. The molecule has 0 unspecified atom stereocenters. The number of methoxy groups -OCH3 is 1. The number of hydrogen-bond acceptors (Lipinski definition) is 3. The molecule has 4 heteroatoms. The van der Waals surface area contributed by atoms with E-state index in [1.165, 1.54) is 43.3 Å². The topological polar surface area (TPSA) is 40.3 Å². The summed E-state index contributed by atoms with van der Waals surface area (Å²) in [5, 5.41) is 4.71. The third kappa shape index (κ3) is 4.02. The van der Waals surface area contributed by atoms with Crippen LogP contribution in [0.2, 0.25) is 0 Å². The molecule has 1 fully saturated rings. The minimum Gasteiger partial charge on any atom is -0.497 e. The van der Waals surface area contributed by atoms with Gasteiger partial charge in [0, 0.05) is 24.0 Å². The molecule has 1 saturated heterocycles. The Balaban J connectivity index is 1.27. The lowest BCUT2D eigenvalue weighted by Gasteiger charge is -2.32. The molecule has 0 amide bonds. The van der Waals surface area contributed by atoms with Gasteiger partial charge >= 0.3 is 0 Å². The van der Waals surface area contributed by atoms with Crippen LogP contribution in [0.3, 0.4) is 0 Å². The standard InChI is InChI=1S/C22H27N3O/c1-26-20-7-8-21-19(14-20)15-22(24-21)23-16-25-11-9-18(10-12-25)13-17-5-3-2-4-6-17/h2-8,14-15,18,23-24H,9-13,16H2,1H3. The quantitative estimate of drug-likeness (QED) is 0.688. The van der Waals surface area contributed by atoms with Gasteiger partial charge in [-0.15, -0.1) is 0 Å². The summed E-state index contributed by atoms with van der Waals surface area (Å²) in [6.45, 7) is 3.22. The van der Waals surface area contributed by atoms with Crippen molar-refractivity contribution >= 4 is 16.7 Å². The molecule has 0 aliphatic carbocycles. The second kappa shape index (κ2) is 7.83. The Bertz CT molecular complexity index is 835. The van der Waals surface area contributed by atoms with Gasteiger partial charge in [0.05, 0.1) is 13.8 Å². The smallest absolute Gasteiger partial charge is 0.119 e. The van der Waals surface area contributed by atoms with Gasteiger partial charge in [-0.05, 0) is 55.0 Å². The average molecular weight is 349 g/mol. The fourth-order valence-corrected chi connectivity index (χ4v) is 3.83. The van der Waals surface area contributed by atoms with Crippen molar-refractivity contribution in [2.24, 2.45) is 5.92 Å². The first-order chi connectivity index (χ1) is 12.8. The zero-order valence-corrected chi connectivity index (χ0v) is 15.4. The van der Waals surface area contributed by atoms with E-state index in [1.54, 1.807) is 7.11 Å². The Morgan fingerprint density at radius 3 is 2.65 bits per heavy atom. The maximum absolute atomic E-state index is 5.30. The van der Waals surface area contributed by atoms with Gasteiger partial charge in [0.25, 0.3) is 0 Å². The molecule has 3 aromatic rings. The largest absolute Gasteiger partial charge is 0.497 e. The third-order valence-electron chi connectivity index (χ3n) is 5.40. The predicted octanol–water partition coefficient (Wildman–Crippen LogP) is 4.50. The number of nitrogens with zero attached hydrogens (tertiary/aromatic N) is 1. The number of hydrogen-bond donors (Lipinski definition) is 2. The van der Waals surface area contributed by atoms with Gasteiger partial charge in [-0.1, -0.05) is 30.3 Å². The Labute approximate surface area is 155 Å². The van der Waals surface area contributed by atoms with Crippen LogP contribution in [0.5, 0.6) is 5.75 Å². The second-order valence-electron chi connectivity index (χ2n) is 7.22. The van der Waals surface area contributed by atoms with Crippen molar-refractivity contribution in [1.82, 2.24) is 9.88 Å². The van der Waals surface area contributed by atoms with Gasteiger partial charge in [0.1, 0.15) is 11.6 Å². The van der Waals surface area contributed by atoms with E-state index >= 15 is 0 Å². The monoisotopic (exact) mass is 349 g/mol. The number of fused-ring (bicyclic) bond motifs is 1. The summed E-state index contributed by atoms with van der Waals surface area (Å²) in [5.41, 5.74) is 2.60. The normalized spacial score (nSPS) is 16.0. The van der Waals surface area contributed by atoms with E-state index in [0.29, 0.717) is 0 Å². The molecule has 1 aliphatic rings. The molecule has 26 heavy (non-hydrogen) atoms. The zero-order chi connectivity index (χ0) is 17.8. The maximum Gasteiger partial charge on any atom is 0.119 e. The molecule has 4 rings (SSSR count). The summed E-state index contributed by atoms with van der Waals surface area (Å²) >= 11 is 0. The number of ether oxygens (including phenoxy) is 1. The molecule has 0 spiro atoms. The Morgan fingerprint density at radius 1 is 1.08 bits per heavy atom. The highest BCUT2D eigenvalue weighted by molar-refractivity contribution is 5.85. The van der Waals surface area contributed by atoms with Crippen molar-refractivity contribution in [2.75, 3.05) is 32.2 Å². The van der Waals surface area contributed by atoms with E-state index in [-0.39, 0.29) is 0 Å². The van der Waals surface area contributed by atoms with Gasteiger partial charge in [0.2, 0.25) is 0 Å². The van der Waals surface area contributed by atoms with Crippen LogP contribution >= 0.6 is 0 Å². The number of anilines is 1. The number of benzene rings is 2. The summed E-state index contributed by atoms with van der Waals surface area (Å²) in [7, 11) is 1.70. The minimum absolute atomic E-state index is 0.814. The first-order valence-electron chi connectivity index (χ1n) is 9.47. The van der Waals surface area contributed by atoms with Crippen molar-refractivity contribution in [3.63, 3.8) is 0 Å². The molecular formula is C22H27N3O. The molecule has 1 aromatic heterocycles. The predicted molar refractivity (Wildman–Crippen MR) is 108 cm³/mol. The first-order valence-corrected chi connectivity index (χ1v) is 9.47. The summed E-state index contributed by atoms with van der Waals surface area (Å²) < 4.78 is 5.30. The van der Waals surface area contributed by atoms with Crippen molar-refractivity contribution in [1.29, 1.82) is 0 Å².